The molecule has 0 aliphatic rings. The van der Waals surface area contributed by atoms with Crippen LogP contribution in [0.3, 0.4) is 0 Å². The third-order valence-corrected chi connectivity index (χ3v) is 5.49. The minimum Gasteiger partial charge on any atom is -0.260 e. The van der Waals surface area contributed by atoms with Gasteiger partial charge in [0.05, 0.1) is 23.2 Å². The molecule has 0 radical (unpaired) electrons. The molecule has 0 N–H and O–H groups in total. The van der Waals surface area contributed by atoms with Crippen LogP contribution in [0.1, 0.15) is 23.2 Å². The van der Waals surface area contributed by atoms with Crippen LogP contribution in [0.15, 0.2) is 47.5 Å². The molecule has 0 aliphatic carbocycles. The summed E-state index contributed by atoms with van der Waals surface area (Å²) in [6.07, 6.45) is 1.76. The second kappa shape index (κ2) is 7.36. The van der Waals surface area contributed by atoms with Crippen LogP contribution < -0.4 is 0 Å². The molecular weight excluding hydrogens is 310 g/mol. The monoisotopic (exact) mass is 329 g/mol. The summed E-state index contributed by atoms with van der Waals surface area (Å²) in [5.41, 5.74) is 2.36. The molecule has 0 fully saturated rings. The van der Waals surface area contributed by atoms with Crippen LogP contribution in [-0.2, 0) is 16.6 Å². The minimum absolute atomic E-state index is 0.136. The molecule has 1 heterocycles. The smallest absolute Gasteiger partial charge is 0.243 e. The van der Waals surface area contributed by atoms with E-state index in [2.05, 4.69) is 4.98 Å². The maximum atomic E-state index is 13.0. The van der Waals surface area contributed by atoms with E-state index in [1.165, 1.54) is 4.31 Å². The molecule has 5 nitrogen and oxygen atoms in total. The van der Waals surface area contributed by atoms with Crippen LogP contribution >= 0.6 is 0 Å². The molecule has 0 atom stereocenters. The average molecular weight is 329 g/mol. The lowest BCUT2D eigenvalue weighted by Crippen LogP contribution is -2.32. The van der Waals surface area contributed by atoms with Gasteiger partial charge in [-0.15, -0.1) is 0 Å². The van der Waals surface area contributed by atoms with Crippen molar-refractivity contribution in [1.29, 1.82) is 5.26 Å². The fourth-order valence-electron chi connectivity index (χ4n) is 2.36. The van der Waals surface area contributed by atoms with Crippen LogP contribution in [0.5, 0.6) is 0 Å². The highest BCUT2D eigenvalue weighted by atomic mass is 32.2. The quantitative estimate of drug-likeness (QED) is 0.817. The van der Waals surface area contributed by atoms with Gasteiger partial charge in [-0.25, -0.2) is 8.42 Å². The van der Waals surface area contributed by atoms with Crippen molar-refractivity contribution in [3.63, 3.8) is 0 Å². The van der Waals surface area contributed by atoms with Gasteiger partial charge in [-0.1, -0.05) is 23.8 Å². The number of rotatable bonds is 6. The third kappa shape index (κ3) is 4.15. The van der Waals surface area contributed by atoms with Gasteiger partial charge >= 0.3 is 0 Å². The fraction of sp³-hybridized carbons (Fsp3) is 0.294. The van der Waals surface area contributed by atoms with Crippen molar-refractivity contribution in [3.8, 4) is 6.07 Å². The number of aryl methyl sites for hydroxylation is 2. The van der Waals surface area contributed by atoms with E-state index in [4.69, 9.17) is 5.26 Å². The molecule has 2 aromatic rings. The summed E-state index contributed by atoms with van der Waals surface area (Å²) in [5.74, 6) is 0. The first kappa shape index (κ1) is 17.1. The Morgan fingerprint density at radius 3 is 2.61 bits per heavy atom. The SMILES string of the molecule is Cc1ccc(S(=O)(=O)N(CCC#N)Cc2ccccn2)c(C)c1. The molecule has 0 amide bonds. The number of nitriles is 1. The van der Waals surface area contributed by atoms with E-state index in [1.807, 2.05) is 25.1 Å². The average Bonchev–Trinajstić information content (AvgIpc) is 2.52. The summed E-state index contributed by atoms with van der Waals surface area (Å²) < 4.78 is 27.2. The number of aromatic nitrogens is 1. The molecule has 120 valence electrons. The number of sulfonamides is 1. The Labute approximate surface area is 137 Å². The van der Waals surface area contributed by atoms with E-state index >= 15 is 0 Å². The summed E-state index contributed by atoms with van der Waals surface area (Å²) in [6.45, 7) is 3.99. The molecule has 6 heteroatoms. The van der Waals surface area contributed by atoms with E-state index < -0.39 is 10.0 Å². The predicted octanol–water partition coefficient (Wildman–Crippen LogP) is 2.80. The summed E-state index contributed by atoms with van der Waals surface area (Å²) in [6, 6.07) is 12.6. The van der Waals surface area contributed by atoms with Crippen molar-refractivity contribution in [1.82, 2.24) is 9.29 Å². The first-order chi connectivity index (χ1) is 10.9. The van der Waals surface area contributed by atoms with Gasteiger partial charge in [-0.05, 0) is 37.6 Å². The summed E-state index contributed by atoms with van der Waals surface area (Å²) >= 11 is 0. The van der Waals surface area contributed by atoms with E-state index in [9.17, 15) is 8.42 Å². The lowest BCUT2D eigenvalue weighted by atomic mass is 10.2. The van der Waals surface area contributed by atoms with Crippen LogP contribution in [0.4, 0.5) is 0 Å². The van der Waals surface area contributed by atoms with Crippen molar-refractivity contribution >= 4 is 10.0 Å². The summed E-state index contributed by atoms with van der Waals surface area (Å²) in [7, 11) is -3.68. The summed E-state index contributed by atoms with van der Waals surface area (Å²) in [4.78, 5) is 4.46. The zero-order valence-corrected chi connectivity index (χ0v) is 14.0. The molecule has 0 bridgehead atoms. The van der Waals surface area contributed by atoms with E-state index in [0.29, 0.717) is 11.3 Å². The Hall–Kier alpha value is -2.23. The molecule has 23 heavy (non-hydrogen) atoms. The predicted molar refractivity (Wildman–Crippen MR) is 88.0 cm³/mol. The molecule has 0 saturated heterocycles. The van der Waals surface area contributed by atoms with Crippen molar-refractivity contribution in [3.05, 3.63) is 59.4 Å². The van der Waals surface area contributed by atoms with Gasteiger partial charge < -0.3 is 0 Å². The molecule has 0 aliphatic heterocycles. The normalized spacial score (nSPS) is 11.4. The van der Waals surface area contributed by atoms with Crippen LogP contribution in [-0.4, -0.2) is 24.3 Å². The maximum absolute atomic E-state index is 13.0. The van der Waals surface area contributed by atoms with Gasteiger partial charge in [-0.3, -0.25) is 4.98 Å². The van der Waals surface area contributed by atoms with Gasteiger partial charge in [-0.2, -0.15) is 9.57 Å². The second-order valence-electron chi connectivity index (χ2n) is 5.34. The molecule has 0 spiro atoms. The van der Waals surface area contributed by atoms with Gasteiger partial charge in [0.25, 0.3) is 0 Å². The standard InChI is InChI=1S/C17H19N3O2S/c1-14-7-8-17(15(2)12-14)23(21,22)20(11-5-9-18)13-16-6-3-4-10-19-16/h3-4,6-8,10,12H,5,11,13H2,1-2H3. The largest absolute Gasteiger partial charge is 0.260 e. The Morgan fingerprint density at radius 2 is 2.00 bits per heavy atom. The zero-order chi connectivity index (χ0) is 16.9. The van der Waals surface area contributed by atoms with E-state index in [0.717, 1.165) is 5.56 Å². The lowest BCUT2D eigenvalue weighted by Gasteiger charge is -2.22. The fourth-order valence-corrected chi connectivity index (χ4v) is 3.98. The van der Waals surface area contributed by atoms with Gasteiger partial charge in [0.1, 0.15) is 0 Å². The Kier molecular flexibility index (Phi) is 5.48. The lowest BCUT2D eigenvalue weighted by molar-refractivity contribution is 0.408. The molecule has 1 aromatic heterocycles. The number of nitrogens with zero attached hydrogens (tertiary/aromatic N) is 3. The van der Waals surface area contributed by atoms with Crippen LogP contribution in [0, 0.1) is 25.2 Å². The van der Waals surface area contributed by atoms with Crippen molar-refractivity contribution in [2.75, 3.05) is 6.54 Å². The maximum Gasteiger partial charge on any atom is 0.243 e. The highest BCUT2D eigenvalue weighted by Gasteiger charge is 2.26. The summed E-state index contributed by atoms with van der Waals surface area (Å²) in [5, 5.41) is 8.82. The Morgan fingerprint density at radius 1 is 1.22 bits per heavy atom. The minimum atomic E-state index is -3.68. The Balaban J connectivity index is 2.38. The van der Waals surface area contributed by atoms with Crippen molar-refractivity contribution in [2.45, 2.75) is 31.7 Å². The van der Waals surface area contributed by atoms with Gasteiger partial charge in [0, 0.05) is 19.2 Å². The molecule has 0 unspecified atom stereocenters. The molecule has 0 saturated carbocycles. The van der Waals surface area contributed by atoms with Crippen LogP contribution in [0.2, 0.25) is 0 Å². The first-order valence-corrected chi connectivity index (χ1v) is 8.73. The van der Waals surface area contributed by atoms with Gasteiger partial charge in [0.2, 0.25) is 10.0 Å². The number of pyridine rings is 1. The second-order valence-corrected chi connectivity index (χ2v) is 7.24. The molecule has 2 rings (SSSR count). The highest BCUT2D eigenvalue weighted by Crippen LogP contribution is 2.22. The number of hydrogen-bond acceptors (Lipinski definition) is 4. The topological polar surface area (TPSA) is 74.1 Å². The Bertz CT molecular complexity index is 811. The first-order valence-electron chi connectivity index (χ1n) is 7.29. The number of benzene rings is 1. The third-order valence-electron chi connectivity index (χ3n) is 3.49. The zero-order valence-electron chi connectivity index (χ0n) is 13.2. The van der Waals surface area contributed by atoms with Crippen molar-refractivity contribution in [2.24, 2.45) is 0 Å². The molecule has 1 aromatic carbocycles. The highest BCUT2D eigenvalue weighted by molar-refractivity contribution is 7.89. The van der Waals surface area contributed by atoms with Gasteiger partial charge in [0.15, 0.2) is 0 Å². The van der Waals surface area contributed by atoms with E-state index in [-0.39, 0.29) is 24.4 Å². The van der Waals surface area contributed by atoms with E-state index in [1.54, 1.807) is 37.4 Å². The van der Waals surface area contributed by atoms with Crippen LogP contribution in [0.25, 0.3) is 0 Å². The number of hydrogen-bond donors (Lipinski definition) is 0. The molecular formula is C17H19N3O2S. The van der Waals surface area contributed by atoms with Crippen molar-refractivity contribution < 1.29 is 8.42 Å².